The molecule has 10 N–H and O–H groups in total. The number of urea groups is 1. The zero-order valence-electron chi connectivity index (χ0n) is 62.7. The number of likely N-dealkylation sites (N-methyl/N-ethyl adjacent to an activating group) is 1. The van der Waals surface area contributed by atoms with Crippen LogP contribution in [0.25, 0.3) is 34.6 Å². The summed E-state index contributed by atoms with van der Waals surface area (Å²) in [6, 6.07) is 26.5. The van der Waals surface area contributed by atoms with Gasteiger partial charge in [0.25, 0.3) is 0 Å². The fourth-order valence-electron chi connectivity index (χ4n) is 13.2. The number of anilines is 2. The first-order valence-corrected chi connectivity index (χ1v) is 34.6. The first-order chi connectivity index (χ1) is 53.4. The number of benzene rings is 3. The van der Waals surface area contributed by atoms with Crippen molar-refractivity contribution in [3.8, 4) is 40.4 Å². The number of aromatic nitrogens is 4. The van der Waals surface area contributed by atoms with Crippen LogP contribution in [0.1, 0.15) is 106 Å². The molecule has 12 rings (SSSR count). The molecule has 29 nitrogen and oxygen atoms in total. The van der Waals surface area contributed by atoms with E-state index in [0.29, 0.717) is 98.4 Å². The van der Waals surface area contributed by atoms with Crippen LogP contribution in [-0.2, 0) is 52.3 Å². The second-order valence-electron chi connectivity index (χ2n) is 25.5. The summed E-state index contributed by atoms with van der Waals surface area (Å²) in [5, 5.41) is 54.7. The maximum Gasteiger partial charge on any atom is 0.496 e. The fourth-order valence-corrected chi connectivity index (χ4v) is 13.2. The summed E-state index contributed by atoms with van der Waals surface area (Å²) >= 11 is 0. The van der Waals surface area contributed by atoms with Crippen LogP contribution in [0.15, 0.2) is 148 Å². The molecule has 2 aliphatic carbocycles. The Labute approximate surface area is 637 Å². The largest absolute Gasteiger partial charge is 0.497 e. The molecule has 0 fully saturated rings. The molecule has 580 valence electrons. The Kier molecular flexibility index (Phi) is 26.7. The van der Waals surface area contributed by atoms with E-state index in [-0.39, 0.29) is 79.9 Å². The van der Waals surface area contributed by atoms with Crippen molar-refractivity contribution >= 4 is 88.3 Å². The minimum absolute atomic E-state index is 0.0434. The monoisotopic (exact) mass is 1520 g/mol. The van der Waals surface area contributed by atoms with E-state index >= 15 is 0 Å². The van der Waals surface area contributed by atoms with E-state index < -0.39 is 37.0 Å². The number of halogens is 2. The van der Waals surface area contributed by atoms with Gasteiger partial charge in [-0.15, -0.1) is 0 Å². The van der Waals surface area contributed by atoms with Gasteiger partial charge >= 0.3 is 25.1 Å². The molecule has 1 aliphatic heterocycles. The first-order valence-electron chi connectivity index (χ1n) is 34.6. The molecular weight excluding hydrogens is 1440 g/mol. The molecule has 3 aliphatic rings. The number of carbonyl (C=O) groups is 5. The van der Waals surface area contributed by atoms with Crippen molar-refractivity contribution in [3.05, 3.63) is 219 Å². The van der Waals surface area contributed by atoms with Gasteiger partial charge in [0.1, 0.15) is 70.5 Å². The predicted molar refractivity (Wildman–Crippen MR) is 409 cm³/mol. The topological polar surface area (TPSA) is 376 Å². The van der Waals surface area contributed by atoms with Gasteiger partial charge in [0.15, 0.2) is 0 Å². The molecule has 0 bridgehead atoms. The average molecular weight is 1520 g/mol. The van der Waals surface area contributed by atoms with Gasteiger partial charge in [-0.3, -0.25) is 24.1 Å². The summed E-state index contributed by atoms with van der Waals surface area (Å²) in [5.41, 5.74) is 12.9. The highest BCUT2D eigenvalue weighted by molar-refractivity contribution is 6.61. The molecular formula is C79H84BF2N11O18. The van der Waals surface area contributed by atoms with Crippen LogP contribution in [-0.4, -0.2) is 151 Å². The standard InChI is InChI=1S/C28H29FN4O5.C27H28N4O7.C24H27BFN3O6/c1-16-20(10-17-11-22(37-3)28(23(12-17)38-4)31-15-26(35)36)19-7-8-24(29)32-27(19)21(16)13-25(34)30-14-18-6-5-9-33(18)2;1-15-18(8-16-9-21(35-2)26(22(10-16)36-3)29-14-24(32)33)20-13-28-23(37-4)11-19(20)25(15)31-27(34)30-12-17-6-5-7-38-17;1-29-18(7-14-8-20(33-2)24(25(31)32)21(9-14)34-3)17-13-27-22(26)10-16(17)19(29)11-23(30)28-12-15-5-4-6-35-15/h5-12,31H,13-15H2,1-4H3,(H,30,34)(H,35,36);5-11,13,29H,12,14H2,1-4H3,(H,32,33)(H2,30,31,34);4-6,8-10,13,18-19,31-32H,7,11-12H2,1-3H3,(H,28,30)/b20-10-;18-8-;. The number of nitrogens with one attached hydrogen (secondary N) is 6. The van der Waals surface area contributed by atoms with Gasteiger partial charge in [-0.1, -0.05) is 0 Å². The first kappa shape index (κ1) is 80.6. The SMILES string of the molecule is COc1cc(/C=C2/C(C)=C(CC(=O)NCc3cccn3C)c3nc(F)ccc32)cc(OC)c1NCC(=O)O.COc1cc(CC2c3cnc(F)cc3C(CC(=O)NCc3ccco3)N2C)cc(OC)c1B(O)O.COc1cc2c(cn1)/C(=C\c1cc(OC)c(NCC(=O)O)c(OC)c1)C(C)=C2NC(=O)NCc1ccco1. The smallest absolute Gasteiger partial charge is 0.496 e. The highest BCUT2D eigenvalue weighted by atomic mass is 19.1. The number of fused-ring (bicyclic) bond motifs is 3. The number of carboxylic acids is 2. The molecule has 6 aromatic heterocycles. The number of pyridine rings is 3. The van der Waals surface area contributed by atoms with Gasteiger partial charge in [0.2, 0.25) is 29.6 Å². The number of allylic oxidation sites excluding steroid dienone is 4. The molecule has 0 radical (unpaired) electrons. The highest BCUT2D eigenvalue weighted by Crippen LogP contribution is 2.48. The number of aryl methyl sites for hydroxylation is 1. The second-order valence-corrected chi connectivity index (χ2v) is 25.5. The Morgan fingerprint density at radius 2 is 1.14 bits per heavy atom. The lowest BCUT2D eigenvalue weighted by Crippen LogP contribution is -2.33. The van der Waals surface area contributed by atoms with Crippen LogP contribution in [0.4, 0.5) is 25.0 Å². The quantitative estimate of drug-likeness (QED) is 0.0154. The summed E-state index contributed by atoms with van der Waals surface area (Å²) in [6.07, 6.45) is 12.6. The molecule has 0 spiro atoms. The summed E-state index contributed by atoms with van der Waals surface area (Å²) in [6.45, 7) is 4.05. The molecule has 2 unspecified atom stereocenters. The molecule has 2 atom stereocenters. The average Bonchev–Trinajstić information content (AvgIpc) is 1.63. The number of methoxy groups -OCH3 is 7. The van der Waals surface area contributed by atoms with Crippen LogP contribution in [0.2, 0.25) is 0 Å². The molecule has 111 heavy (non-hydrogen) atoms. The van der Waals surface area contributed by atoms with E-state index in [9.17, 15) is 42.8 Å². The lowest BCUT2D eigenvalue weighted by molar-refractivity contribution is -0.135. The van der Waals surface area contributed by atoms with Gasteiger partial charge in [0.05, 0.1) is 105 Å². The summed E-state index contributed by atoms with van der Waals surface area (Å²) in [7, 11) is 12.4. The van der Waals surface area contributed by atoms with Crippen LogP contribution < -0.4 is 70.5 Å². The van der Waals surface area contributed by atoms with Crippen LogP contribution in [0.3, 0.4) is 0 Å². The summed E-state index contributed by atoms with van der Waals surface area (Å²) in [5.74, 6) is 0.213. The predicted octanol–water partition coefficient (Wildman–Crippen LogP) is 9.58. The molecule has 3 aromatic carbocycles. The van der Waals surface area contributed by atoms with Crippen molar-refractivity contribution in [1.82, 2.24) is 45.7 Å². The van der Waals surface area contributed by atoms with E-state index in [2.05, 4.69) is 46.9 Å². The number of hydrogen-bond donors (Lipinski definition) is 10. The fraction of sp³-hybridized carbons (Fsp3) is 0.266. The zero-order chi connectivity index (χ0) is 79.7. The zero-order valence-corrected chi connectivity index (χ0v) is 62.7. The highest BCUT2D eigenvalue weighted by Gasteiger charge is 2.39. The second kappa shape index (κ2) is 36.8. The third-order valence-corrected chi connectivity index (χ3v) is 18.7. The van der Waals surface area contributed by atoms with E-state index in [1.807, 2.05) is 67.9 Å². The number of amides is 4. The van der Waals surface area contributed by atoms with Crippen molar-refractivity contribution < 1.29 is 95.0 Å². The number of nitrogens with zero attached hydrogens (tertiary/aromatic N) is 5. The van der Waals surface area contributed by atoms with Crippen LogP contribution >= 0.6 is 0 Å². The number of carbonyl (C=O) groups excluding carboxylic acids is 3. The van der Waals surface area contributed by atoms with E-state index in [1.54, 1.807) is 91.5 Å². The maximum absolute atomic E-state index is 14.2. The lowest BCUT2D eigenvalue weighted by Gasteiger charge is -2.26. The lowest BCUT2D eigenvalue weighted by atomic mass is 9.77. The number of aliphatic carboxylic acids is 2. The Morgan fingerprint density at radius 1 is 0.586 bits per heavy atom. The van der Waals surface area contributed by atoms with Crippen molar-refractivity contribution in [2.45, 2.75) is 64.8 Å². The Balaban J connectivity index is 0.000000177. The van der Waals surface area contributed by atoms with Crippen molar-refractivity contribution in [2.24, 2.45) is 7.05 Å². The number of ether oxygens (including phenoxy) is 7. The molecule has 32 heteroatoms. The number of hydrogen-bond acceptors (Lipinski definition) is 22. The number of carboxylic acid groups (broad SMARTS) is 2. The minimum Gasteiger partial charge on any atom is -0.497 e. The Hall–Kier alpha value is -12.9. The van der Waals surface area contributed by atoms with Crippen LogP contribution in [0, 0.1) is 11.9 Å². The maximum atomic E-state index is 14.2. The normalized spacial score (nSPS) is 14.5. The van der Waals surface area contributed by atoms with Gasteiger partial charge in [-0.05, 0) is 186 Å². The number of rotatable bonds is 29. The van der Waals surface area contributed by atoms with E-state index in [4.69, 9.17) is 52.2 Å². The Bertz CT molecular complexity index is 4970. The van der Waals surface area contributed by atoms with Gasteiger partial charge < -0.3 is 98.7 Å². The van der Waals surface area contributed by atoms with Crippen LogP contribution in [0.5, 0.6) is 40.4 Å². The van der Waals surface area contributed by atoms with Gasteiger partial charge in [-0.25, -0.2) is 19.7 Å². The number of furan rings is 2. The molecule has 9 aromatic rings. The van der Waals surface area contributed by atoms with E-state index in [0.717, 1.165) is 55.8 Å². The third kappa shape index (κ3) is 19.3. The van der Waals surface area contributed by atoms with Crippen molar-refractivity contribution in [3.63, 3.8) is 0 Å². The van der Waals surface area contributed by atoms with Gasteiger partial charge in [-0.2, -0.15) is 8.78 Å². The summed E-state index contributed by atoms with van der Waals surface area (Å²) < 4.78 is 78.7. The molecule has 0 saturated heterocycles. The minimum atomic E-state index is -1.76. The molecule has 4 amide bonds. The van der Waals surface area contributed by atoms with Crippen molar-refractivity contribution in [2.75, 3.05) is 80.5 Å². The third-order valence-electron chi connectivity index (χ3n) is 18.7. The summed E-state index contributed by atoms with van der Waals surface area (Å²) in [4.78, 5) is 74.7. The van der Waals surface area contributed by atoms with Crippen molar-refractivity contribution in [1.29, 1.82) is 0 Å². The van der Waals surface area contributed by atoms with Gasteiger partial charge in [0, 0.05) is 72.6 Å². The molecule has 7 heterocycles. The molecule has 0 saturated carbocycles. The Morgan fingerprint density at radius 3 is 1.66 bits per heavy atom. The van der Waals surface area contributed by atoms with E-state index in [1.165, 1.54) is 68.1 Å².